The summed E-state index contributed by atoms with van der Waals surface area (Å²) in [6.45, 7) is 3.83. The molecule has 0 fully saturated rings. The molecular formula is C11H14FNO2. The average molecular weight is 211 g/mol. The van der Waals surface area contributed by atoms with Gasteiger partial charge < -0.3 is 14.8 Å². The Hall–Kier alpha value is -1.29. The van der Waals surface area contributed by atoms with Gasteiger partial charge in [-0.2, -0.15) is 0 Å². The fourth-order valence-electron chi connectivity index (χ4n) is 1.53. The van der Waals surface area contributed by atoms with Crippen LogP contribution in [0.2, 0.25) is 0 Å². The van der Waals surface area contributed by atoms with Crippen LogP contribution in [0.1, 0.15) is 6.92 Å². The summed E-state index contributed by atoms with van der Waals surface area (Å²) in [5.41, 5.74) is 0.711. The van der Waals surface area contributed by atoms with E-state index in [-0.39, 0.29) is 11.9 Å². The first kappa shape index (κ1) is 10.2. The Balaban J connectivity index is 2.03. The Morgan fingerprint density at radius 1 is 1.60 bits per heavy atom. The van der Waals surface area contributed by atoms with Crippen molar-refractivity contribution in [3.05, 3.63) is 24.0 Å². The predicted molar refractivity (Wildman–Crippen MR) is 55.8 cm³/mol. The van der Waals surface area contributed by atoms with Crippen molar-refractivity contribution in [2.45, 2.75) is 13.0 Å². The van der Waals surface area contributed by atoms with Gasteiger partial charge in [0.05, 0.1) is 18.8 Å². The van der Waals surface area contributed by atoms with E-state index in [1.165, 1.54) is 12.1 Å². The molecule has 4 heteroatoms. The van der Waals surface area contributed by atoms with Gasteiger partial charge in [-0.05, 0) is 19.1 Å². The van der Waals surface area contributed by atoms with E-state index in [0.29, 0.717) is 31.2 Å². The Morgan fingerprint density at radius 2 is 2.47 bits per heavy atom. The van der Waals surface area contributed by atoms with Gasteiger partial charge in [-0.25, -0.2) is 4.39 Å². The summed E-state index contributed by atoms with van der Waals surface area (Å²) in [7, 11) is 0. The molecule has 3 nitrogen and oxygen atoms in total. The summed E-state index contributed by atoms with van der Waals surface area (Å²) < 4.78 is 23.8. The highest BCUT2D eigenvalue weighted by Gasteiger charge is 2.19. The number of fused-ring (bicyclic) bond motifs is 1. The summed E-state index contributed by atoms with van der Waals surface area (Å²) in [6.07, 6.45) is 0.00270. The lowest BCUT2D eigenvalue weighted by Crippen LogP contribution is -2.34. The molecule has 82 valence electrons. The van der Waals surface area contributed by atoms with Crippen molar-refractivity contribution in [3.63, 3.8) is 0 Å². The second kappa shape index (κ2) is 4.49. The van der Waals surface area contributed by atoms with Crippen LogP contribution in [0, 0.1) is 5.82 Å². The van der Waals surface area contributed by atoms with E-state index >= 15 is 0 Å². The van der Waals surface area contributed by atoms with Gasteiger partial charge >= 0.3 is 0 Å². The molecule has 0 saturated carbocycles. The predicted octanol–water partition coefficient (Wildman–Crippen LogP) is 2.04. The van der Waals surface area contributed by atoms with E-state index < -0.39 is 0 Å². The minimum absolute atomic E-state index is 0.00270. The number of ether oxygens (including phenoxy) is 2. The number of rotatable bonds is 3. The van der Waals surface area contributed by atoms with Crippen LogP contribution >= 0.6 is 0 Å². The maximum Gasteiger partial charge on any atom is 0.143 e. The van der Waals surface area contributed by atoms with Gasteiger partial charge in [-0.1, -0.05) is 0 Å². The summed E-state index contributed by atoms with van der Waals surface area (Å²) in [5, 5.41) is 3.12. The molecule has 0 saturated heterocycles. The van der Waals surface area contributed by atoms with Crippen LogP contribution in [0.25, 0.3) is 0 Å². The highest BCUT2D eigenvalue weighted by molar-refractivity contribution is 5.58. The van der Waals surface area contributed by atoms with Crippen molar-refractivity contribution in [3.8, 4) is 5.75 Å². The normalized spacial score (nSPS) is 18.9. The van der Waals surface area contributed by atoms with Gasteiger partial charge in [0.2, 0.25) is 0 Å². The zero-order valence-electron chi connectivity index (χ0n) is 8.63. The first-order valence-corrected chi connectivity index (χ1v) is 5.07. The van der Waals surface area contributed by atoms with Gasteiger partial charge in [0.1, 0.15) is 17.7 Å². The molecule has 0 radical (unpaired) electrons. The number of benzene rings is 1. The summed E-state index contributed by atoms with van der Waals surface area (Å²) in [6, 6.07) is 4.46. The molecule has 1 aliphatic heterocycles. The van der Waals surface area contributed by atoms with Crippen LogP contribution in [0.5, 0.6) is 5.75 Å². The van der Waals surface area contributed by atoms with Crippen molar-refractivity contribution in [1.29, 1.82) is 0 Å². The molecule has 1 aromatic carbocycles. The second-order valence-corrected chi connectivity index (χ2v) is 3.42. The molecule has 0 spiro atoms. The zero-order chi connectivity index (χ0) is 10.7. The van der Waals surface area contributed by atoms with E-state index in [1.807, 2.05) is 6.92 Å². The third-order valence-corrected chi connectivity index (χ3v) is 2.26. The molecular weight excluding hydrogens is 197 g/mol. The van der Waals surface area contributed by atoms with E-state index in [0.717, 1.165) is 0 Å². The van der Waals surface area contributed by atoms with Crippen LogP contribution < -0.4 is 10.1 Å². The highest BCUT2D eigenvalue weighted by Crippen LogP contribution is 2.29. The molecule has 0 bridgehead atoms. The minimum atomic E-state index is -0.256. The molecule has 0 amide bonds. The number of halogens is 1. The molecule has 0 aliphatic carbocycles. The maximum atomic E-state index is 12.9. The van der Waals surface area contributed by atoms with Crippen molar-refractivity contribution < 1.29 is 13.9 Å². The lowest BCUT2D eigenvalue weighted by Gasteiger charge is -2.27. The fraction of sp³-hybridized carbons (Fsp3) is 0.455. The van der Waals surface area contributed by atoms with E-state index in [4.69, 9.17) is 9.47 Å². The second-order valence-electron chi connectivity index (χ2n) is 3.42. The number of hydrogen-bond donors (Lipinski definition) is 1. The minimum Gasteiger partial charge on any atom is -0.484 e. The first-order valence-electron chi connectivity index (χ1n) is 5.07. The zero-order valence-corrected chi connectivity index (χ0v) is 8.63. The molecule has 1 aliphatic rings. The monoisotopic (exact) mass is 211 g/mol. The number of nitrogens with one attached hydrogen (secondary N) is 1. The van der Waals surface area contributed by atoms with Gasteiger partial charge in [0.25, 0.3) is 0 Å². The largest absolute Gasteiger partial charge is 0.484 e. The van der Waals surface area contributed by atoms with E-state index in [9.17, 15) is 4.39 Å². The topological polar surface area (TPSA) is 30.5 Å². The van der Waals surface area contributed by atoms with Crippen LogP contribution in [-0.4, -0.2) is 25.9 Å². The molecule has 2 rings (SSSR count). The third-order valence-electron chi connectivity index (χ3n) is 2.26. The molecule has 0 aromatic heterocycles. The smallest absolute Gasteiger partial charge is 0.143 e. The summed E-state index contributed by atoms with van der Waals surface area (Å²) in [5.74, 6) is 0.431. The van der Waals surface area contributed by atoms with Gasteiger partial charge in [-0.15, -0.1) is 0 Å². The van der Waals surface area contributed by atoms with Crippen LogP contribution in [-0.2, 0) is 4.74 Å². The standard InChI is InChI=1S/C11H14FNO2/c1-2-14-7-9-6-13-10-5-8(12)3-4-11(10)15-9/h3-5,9,13H,2,6-7H2,1H3. The molecule has 15 heavy (non-hydrogen) atoms. The maximum absolute atomic E-state index is 12.9. The molecule has 1 heterocycles. The van der Waals surface area contributed by atoms with E-state index in [1.54, 1.807) is 6.07 Å². The van der Waals surface area contributed by atoms with Crippen molar-refractivity contribution >= 4 is 5.69 Å². The fourth-order valence-corrected chi connectivity index (χ4v) is 1.53. The quantitative estimate of drug-likeness (QED) is 0.829. The Labute approximate surface area is 88.2 Å². The molecule has 1 aromatic rings. The van der Waals surface area contributed by atoms with Crippen LogP contribution in [0.15, 0.2) is 18.2 Å². The Morgan fingerprint density at radius 3 is 3.27 bits per heavy atom. The summed E-state index contributed by atoms with van der Waals surface area (Å²) >= 11 is 0. The van der Waals surface area contributed by atoms with Gasteiger partial charge in [0, 0.05) is 12.7 Å². The SMILES string of the molecule is CCOCC1CNc2cc(F)ccc2O1. The van der Waals surface area contributed by atoms with Gasteiger partial charge in [-0.3, -0.25) is 0 Å². The van der Waals surface area contributed by atoms with Crippen LogP contribution in [0.3, 0.4) is 0 Å². The number of hydrogen-bond acceptors (Lipinski definition) is 3. The molecule has 1 atom stereocenters. The van der Waals surface area contributed by atoms with Crippen LogP contribution in [0.4, 0.5) is 10.1 Å². The molecule has 1 N–H and O–H groups in total. The lowest BCUT2D eigenvalue weighted by molar-refractivity contribution is 0.0598. The molecule has 1 unspecified atom stereocenters. The van der Waals surface area contributed by atoms with Crippen molar-refractivity contribution in [2.24, 2.45) is 0 Å². The first-order chi connectivity index (χ1) is 7.29. The van der Waals surface area contributed by atoms with E-state index in [2.05, 4.69) is 5.32 Å². The average Bonchev–Trinajstić information content (AvgIpc) is 2.26. The van der Waals surface area contributed by atoms with Crippen molar-refractivity contribution in [2.75, 3.05) is 25.1 Å². The Bertz CT molecular complexity index is 343. The summed E-state index contributed by atoms with van der Waals surface area (Å²) in [4.78, 5) is 0. The number of anilines is 1. The third kappa shape index (κ3) is 2.39. The highest BCUT2D eigenvalue weighted by atomic mass is 19.1. The van der Waals surface area contributed by atoms with Crippen molar-refractivity contribution in [1.82, 2.24) is 0 Å². The Kier molecular flexibility index (Phi) is 3.06. The van der Waals surface area contributed by atoms with Gasteiger partial charge in [0.15, 0.2) is 0 Å². The lowest BCUT2D eigenvalue weighted by atomic mass is 10.2.